The second kappa shape index (κ2) is 8.91. The van der Waals surface area contributed by atoms with Gasteiger partial charge < -0.3 is 14.4 Å². The van der Waals surface area contributed by atoms with Crippen LogP contribution in [0.3, 0.4) is 0 Å². The molecule has 0 aliphatic carbocycles. The fraction of sp³-hybridized carbons (Fsp3) is 0.857. The number of hydrogen-bond donors (Lipinski definition) is 0. The summed E-state index contributed by atoms with van der Waals surface area (Å²) < 4.78 is 10.3. The van der Waals surface area contributed by atoms with Gasteiger partial charge in [-0.15, -0.1) is 0 Å². The van der Waals surface area contributed by atoms with E-state index < -0.39 is 0 Å². The lowest BCUT2D eigenvalue weighted by Crippen LogP contribution is -2.48. The number of carbonyl (C=O) groups is 2. The number of likely N-dealkylation sites (tertiary alicyclic amines) is 1. The van der Waals surface area contributed by atoms with E-state index in [9.17, 15) is 9.59 Å². The maximum Gasteiger partial charge on any atom is 0.328 e. The highest BCUT2D eigenvalue weighted by Crippen LogP contribution is 2.19. The summed E-state index contributed by atoms with van der Waals surface area (Å²) in [6, 6.07) is -0.381. The first-order valence-corrected chi connectivity index (χ1v) is 7.24. The lowest BCUT2D eigenvalue weighted by atomic mass is 10.0. The highest BCUT2D eigenvalue weighted by atomic mass is 16.5. The van der Waals surface area contributed by atoms with Crippen molar-refractivity contribution in [2.24, 2.45) is 0 Å². The lowest BCUT2D eigenvalue weighted by Gasteiger charge is -2.34. The zero-order chi connectivity index (χ0) is 14.1. The number of carbonyl (C=O) groups excluding carboxylic acids is 2. The van der Waals surface area contributed by atoms with E-state index in [1.807, 2.05) is 6.92 Å². The van der Waals surface area contributed by atoms with Gasteiger partial charge in [-0.2, -0.15) is 0 Å². The van der Waals surface area contributed by atoms with E-state index in [1.165, 1.54) is 0 Å². The molecule has 0 saturated carbocycles. The first kappa shape index (κ1) is 16.0. The minimum Gasteiger partial charge on any atom is -0.464 e. The summed E-state index contributed by atoms with van der Waals surface area (Å²) in [5.74, 6) is -0.224. The maximum atomic E-state index is 12.1. The molecule has 1 heterocycles. The molecule has 5 nitrogen and oxygen atoms in total. The van der Waals surface area contributed by atoms with Crippen LogP contribution in [0.1, 0.15) is 46.0 Å². The van der Waals surface area contributed by atoms with Crippen molar-refractivity contribution in [3.05, 3.63) is 0 Å². The van der Waals surface area contributed by atoms with E-state index in [1.54, 1.807) is 11.8 Å². The predicted molar refractivity (Wildman–Crippen MR) is 71.7 cm³/mol. The molecule has 110 valence electrons. The van der Waals surface area contributed by atoms with E-state index in [0.717, 1.165) is 19.3 Å². The summed E-state index contributed by atoms with van der Waals surface area (Å²) in [6.07, 6.45) is 3.81. The van der Waals surface area contributed by atoms with Crippen molar-refractivity contribution in [3.8, 4) is 0 Å². The minimum absolute atomic E-state index is 0.0393. The first-order valence-electron chi connectivity index (χ1n) is 7.24. The molecule has 0 radical (unpaired) electrons. The Balaban J connectivity index is 2.46. The summed E-state index contributed by atoms with van der Waals surface area (Å²) in [6.45, 7) is 6.01. The largest absolute Gasteiger partial charge is 0.464 e. The van der Waals surface area contributed by atoms with Crippen LogP contribution in [0.25, 0.3) is 0 Å². The van der Waals surface area contributed by atoms with Crippen LogP contribution in [0.4, 0.5) is 0 Å². The quantitative estimate of drug-likeness (QED) is 0.523. The molecule has 0 aromatic rings. The number of ether oxygens (including phenoxy) is 2. The molecule has 1 aliphatic heterocycles. The molecule has 1 atom stereocenters. The summed E-state index contributed by atoms with van der Waals surface area (Å²) in [7, 11) is 0. The van der Waals surface area contributed by atoms with Crippen molar-refractivity contribution >= 4 is 11.9 Å². The van der Waals surface area contributed by atoms with E-state index in [4.69, 9.17) is 9.47 Å². The van der Waals surface area contributed by atoms with Crippen LogP contribution in [0, 0.1) is 0 Å². The van der Waals surface area contributed by atoms with Gasteiger partial charge >= 0.3 is 5.97 Å². The van der Waals surface area contributed by atoms with Crippen molar-refractivity contribution in [3.63, 3.8) is 0 Å². The third-order valence-electron chi connectivity index (χ3n) is 3.27. The van der Waals surface area contributed by atoms with E-state index in [0.29, 0.717) is 39.2 Å². The van der Waals surface area contributed by atoms with Gasteiger partial charge in [-0.05, 0) is 39.5 Å². The van der Waals surface area contributed by atoms with Crippen LogP contribution < -0.4 is 0 Å². The Hall–Kier alpha value is -1.10. The Morgan fingerprint density at radius 1 is 1.21 bits per heavy atom. The first-order chi connectivity index (χ1) is 9.20. The van der Waals surface area contributed by atoms with E-state index in [-0.39, 0.29) is 17.9 Å². The van der Waals surface area contributed by atoms with Crippen LogP contribution >= 0.6 is 0 Å². The topological polar surface area (TPSA) is 55.8 Å². The lowest BCUT2D eigenvalue weighted by molar-refractivity contribution is -0.156. The molecule has 5 heteroatoms. The molecule has 0 N–H and O–H groups in total. The smallest absolute Gasteiger partial charge is 0.328 e. The van der Waals surface area contributed by atoms with Gasteiger partial charge in [-0.3, -0.25) is 4.79 Å². The second-order valence-electron chi connectivity index (χ2n) is 4.65. The molecule has 19 heavy (non-hydrogen) atoms. The zero-order valence-electron chi connectivity index (χ0n) is 12.0. The fourth-order valence-electron chi connectivity index (χ4n) is 2.33. The number of hydrogen-bond acceptors (Lipinski definition) is 4. The van der Waals surface area contributed by atoms with Crippen molar-refractivity contribution in [2.45, 2.75) is 52.0 Å². The van der Waals surface area contributed by atoms with Crippen LogP contribution in [-0.4, -0.2) is 49.2 Å². The van der Waals surface area contributed by atoms with Gasteiger partial charge in [0.1, 0.15) is 6.04 Å². The zero-order valence-corrected chi connectivity index (χ0v) is 12.0. The molecule has 0 spiro atoms. The van der Waals surface area contributed by atoms with Gasteiger partial charge in [0.15, 0.2) is 0 Å². The fourth-order valence-corrected chi connectivity index (χ4v) is 2.33. The van der Waals surface area contributed by atoms with Gasteiger partial charge in [0.25, 0.3) is 0 Å². The van der Waals surface area contributed by atoms with Crippen molar-refractivity contribution in [1.29, 1.82) is 0 Å². The normalized spacial score (nSPS) is 19.3. The molecule has 0 bridgehead atoms. The highest BCUT2D eigenvalue weighted by molar-refractivity contribution is 5.84. The van der Waals surface area contributed by atoms with E-state index >= 15 is 0 Å². The monoisotopic (exact) mass is 271 g/mol. The Morgan fingerprint density at radius 3 is 2.68 bits per heavy atom. The van der Waals surface area contributed by atoms with Crippen molar-refractivity contribution in [1.82, 2.24) is 4.90 Å². The molecule has 1 saturated heterocycles. The van der Waals surface area contributed by atoms with Crippen LogP contribution in [0.15, 0.2) is 0 Å². The third kappa shape index (κ3) is 5.19. The van der Waals surface area contributed by atoms with Crippen LogP contribution in [-0.2, 0) is 19.1 Å². The third-order valence-corrected chi connectivity index (χ3v) is 3.27. The maximum absolute atomic E-state index is 12.1. The Kier molecular flexibility index (Phi) is 7.48. The standard InChI is InChI=1S/C14H25NO4/c1-3-18-11-7-9-13(16)15-10-6-5-8-12(15)14(17)19-4-2/h12H,3-11H2,1-2H3. The second-order valence-corrected chi connectivity index (χ2v) is 4.65. The molecule has 1 unspecified atom stereocenters. The summed E-state index contributed by atoms with van der Waals surface area (Å²) in [5.41, 5.74) is 0. The number of esters is 1. The average molecular weight is 271 g/mol. The van der Waals surface area contributed by atoms with Crippen LogP contribution in [0.2, 0.25) is 0 Å². The Labute approximate surface area is 115 Å². The molecule has 1 amide bonds. The summed E-state index contributed by atoms with van der Waals surface area (Å²) >= 11 is 0. The average Bonchev–Trinajstić information content (AvgIpc) is 2.43. The van der Waals surface area contributed by atoms with Gasteiger partial charge in [0, 0.05) is 26.2 Å². The van der Waals surface area contributed by atoms with Crippen LogP contribution in [0.5, 0.6) is 0 Å². The molecular formula is C14H25NO4. The molecule has 0 aromatic carbocycles. The van der Waals surface area contributed by atoms with Gasteiger partial charge in [-0.1, -0.05) is 0 Å². The van der Waals surface area contributed by atoms with Gasteiger partial charge in [-0.25, -0.2) is 4.79 Å². The molecule has 1 fully saturated rings. The molecule has 1 aliphatic rings. The molecular weight excluding hydrogens is 246 g/mol. The molecule has 1 rings (SSSR count). The Morgan fingerprint density at radius 2 is 2.00 bits per heavy atom. The van der Waals surface area contributed by atoms with Gasteiger partial charge in [0.2, 0.25) is 5.91 Å². The molecule has 0 aromatic heterocycles. The Bertz CT molecular complexity index is 293. The van der Waals surface area contributed by atoms with E-state index in [2.05, 4.69) is 0 Å². The van der Waals surface area contributed by atoms with Gasteiger partial charge in [0.05, 0.1) is 6.61 Å². The van der Waals surface area contributed by atoms with Crippen molar-refractivity contribution in [2.75, 3.05) is 26.4 Å². The summed E-state index contributed by atoms with van der Waals surface area (Å²) in [5, 5.41) is 0. The number of nitrogens with zero attached hydrogens (tertiary/aromatic N) is 1. The minimum atomic E-state index is -0.381. The predicted octanol–water partition coefficient (Wildman–Crippen LogP) is 1.75. The number of piperidine rings is 1. The SMILES string of the molecule is CCOCCCC(=O)N1CCCCC1C(=O)OCC. The number of amides is 1. The number of rotatable bonds is 7. The highest BCUT2D eigenvalue weighted by Gasteiger charge is 2.32. The van der Waals surface area contributed by atoms with Crippen molar-refractivity contribution < 1.29 is 19.1 Å². The summed E-state index contributed by atoms with van der Waals surface area (Å²) in [4.78, 5) is 25.7.